The largest absolute Gasteiger partial charge is 0.416 e. The lowest BCUT2D eigenvalue weighted by atomic mass is 10.0. The van der Waals surface area contributed by atoms with Crippen LogP contribution in [-0.4, -0.2) is 71.4 Å². The standard InChI is InChI=1S/C34H34F3N7O2/c1-22-6-9-27(38-20-23-4-3-5-25(18-23)34(35,36)37)19-30(22)44-13-12-29-28(32(44)46)21-39-33(41-29)40-26-10-7-24(8-11-26)31(45)43-16-14-42(2)15-17-43/h3-11,18-19,21,38H,12-17,20H2,1-2H3,(H,39,40,41). The van der Waals surface area contributed by atoms with E-state index in [9.17, 15) is 22.8 Å². The first kappa shape index (κ1) is 31.0. The number of alkyl halides is 3. The summed E-state index contributed by atoms with van der Waals surface area (Å²) in [4.78, 5) is 41.2. The Labute approximate surface area is 265 Å². The molecule has 1 fully saturated rings. The Hall–Kier alpha value is -4.97. The number of nitrogens with one attached hydrogen (secondary N) is 2. The van der Waals surface area contributed by atoms with Gasteiger partial charge < -0.3 is 25.3 Å². The molecular formula is C34H34F3N7O2. The second-order valence-corrected chi connectivity index (χ2v) is 11.6. The molecule has 9 nitrogen and oxygen atoms in total. The summed E-state index contributed by atoms with van der Waals surface area (Å²) >= 11 is 0. The monoisotopic (exact) mass is 629 g/mol. The van der Waals surface area contributed by atoms with Crippen LogP contribution in [0, 0.1) is 6.92 Å². The van der Waals surface area contributed by atoms with E-state index in [0.29, 0.717) is 65.8 Å². The molecule has 2 aliphatic heterocycles. The van der Waals surface area contributed by atoms with Crippen molar-refractivity contribution < 1.29 is 22.8 Å². The maximum absolute atomic E-state index is 13.6. The second-order valence-electron chi connectivity index (χ2n) is 11.6. The molecule has 2 amide bonds. The number of carbonyl (C=O) groups excluding carboxylic acids is 2. The third-order valence-corrected chi connectivity index (χ3v) is 8.34. The number of fused-ring (bicyclic) bond motifs is 1. The van der Waals surface area contributed by atoms with Gasteiger partial charge in [-0.2, -0.15) is 13.2 Å². The molecule has 2 N–H and O–H groups in total. The lowest BCUT2D eigenvalue weighted by molar-refractivity contribution is -0.137. The van der Waals surface area contributed by atoms with E-state index in [0.717, 1.165) is 36.5 Å². The van der Waals surface area contributed by atoms with E-state index in [-0.39, 0.29) is 18.4 Å². The van der Waals surface area contributed by atoms with Crippen LogP contribution in [0.1, 0.15) is 43.1 Å². The van der Waals surface area contributed by atoms with Gasteiger partial charge in [-0.3, -0.25) is 9.59 Å². The Bertz CT molecular complexity index is 1750. The fraction of sp³-hybridized carbons (Fsp3) is 0.294. The third kappa shape index (κ3) is 6.81. The van der Waals surface area contributed by atoms with Gasteiger partial charge in [-0.05, 0) is 73.6 Å². The van der Waals surface area contributed by atoms with Crippen molar-refractivity contribution >= 4 is 34.8 Å². The number of rotatable bonds is 7. The third-order valence-electron chi connectivity index (χ3n) is 8.34. The van der Waals surface area contributed by atoms with Crippen molar-refractivity contribution in [2.45, 2.75) is 26.1 Å². The van der Waals surface area contributed by atoms with Crippen molar-refractivity contribution in [3.8, 4) is 0 Å². The van der Waals surface area contributed by atoms with E-state index in [4.69, 9.17) is 0 Å². The Morgan fingerprint density at radius 3 is 2.41 bits per heavy atom. The van der Waals surface area contributed by atoms with Crippen LogP contribution in [-0.2, 0) is 19.1 Å². The van der Waals surface area contributed by atoms with E-state index < -0.39 is 11.7 Å². The lowest BCUT2D eigenvalue weighted by Crippen LogP contribution is -2.47. The summed E-state index contributed by atoms with van der Waals surface area (Å²) in [6, 6.07) is 17.9. The van der Waals surface area contributed by atoms with Gasteiger partial charge in [0.25, 0.3) is 11.8 Å². The highest BCUT2D eigenvalue weighted by Crippen LogP contribution is 2.31. The number of hydrogen-bond acceptors (Lipinski definition) is 7. The Morgan fingerprint density at radius 2 is 1.67 bits per heavy atom. The van der Waals surface area contributed by atoms with Gasteiger partial charge >= 0.3 is 6.18 Å². The fourth-order valence-corrected chi connectivity index (χ4v) is 5.63. The van der Waals surface area contributed by atoms with E-state index in [1.807, 2.05) is 49.2 Å². The first-order valence-corrected chi connectivity index (χ1v) is 15.1. The zero-order chi connectivity index (χ0) is 32.4. The average molecular weight is 630 g/mol. The molecule has 3 aromatic carbocycles. The highest BCUT2D eigenvalue weighted by molar-refractivity contribution is 6.08. The molecule has 46 heavy (non-hydrogen) atoms. The summed E-state index contributed by atoms with van der Waals surface area (Å²) < 4.78 is 39.3. The van der Waals surface area contributed by atoms with E-state index >= 15 is 0 Å². The van der Waals surface area contributed by atoms with Crippen LogP contribution in [0.15, 0.2) is 72.9 Å². The topological polar surface area (TPSA) is 93.7 Å². The number of aromatic nitrogens is 2. The number of aryl methyl sites for hydroxylation is 1. The molecule has 0 radical (unpaired) electrons. The lowest BCUT2D eigenvalue weighted by Gasteiger charge is -2.32. The summed E-state index contributed by atoms with van der Waals surface area (Å²) in [6.45, 7) is 5.64. The van der Waals surface area contributed by atoms with Crippen LogP contribution in [0.25, 0.3) is 0 Å². The Morgan fingerprint density at radius 1 is 0.935 bits per heavy atom. The molecule has 0 atom stereocenters. The molecule has 1 saturated heterocycles. The SMILES string of the molecule is Cc1ccc(NCc2cccc(C(F)(F)F)c2)cc1N1CCc2nc(Nc3ccc(C(=O)N4CCN(C)CC4)cc3)ncc2C1=O. The fourth-order valence-electron chi connectivity index (χ4n) is 5.63. The van der Waals surface area contributed by atoms with Crippen LogP contribution in [0.3, 0.4) is 0 Å². The molecule has 2 aliphatic rings. The van der Waals surface area contributed by atoms with Crippen molar-refractivity contribution in [1.29, 1.82) is 0 Å². The van der Waals surface area contributed by atoms with Crippen LogP contribution in [0.4, 0.5) is 36.2 Å². The molecule has 0 spiro atoms. The second kappa shape index (κ2) is 12.8. The molecule has 0 unspecified atom stereocenters. The number of benzene rings is 3. The minimum absolute atomic E-state index is 0.0139. The molecule has 6 rings (SSSR count). The summed E-state index contributed by atoms with van der Waals surface area (Å²) in [5.74, 6) is 0.146. The number of likely N-dealkylation sites (N-methyl/N-ethyl adjacent to an activating group) is 1. The van der Waals surface area contributed by atoms with Gasteiger partial charge in [0, 0.05) is 74.5 Å². The number of carbonyl (C=O) groups is 2. The van der Waals surface area contributed by atoms with Crippen molar-refractivity contribution in [3.63, 3.8) is 0 Å². The van der Waals surface area contributed by atoms with Gasteiger partial charge in [0.05, 0.1) is 16.8 Å². The first-order valence-electron chi connectivity index (χ1n) is 15.1. The van der Waals surface area contributed by atoms with Crippen molar-refractivity contribution in [1.82, 2.24) is 19.8 Å². The average Bonchev–Trinajstić information content (AvgIpc) is 3.05. The van der Waals surface area contributed by atoms with Crippen LogP contribution in [0.5, 0.6) is 0 Å². The highest BCUT2D eigenvalue weighted by atomic mass is 19.4. The summed E-state index contributed by atoms with van der Waals surface area (Å²) in [7, 11) is 2.05. The smallest absolute Gasteiger partial charge is 0.381 e. The first-order chi connectivity index (χ1) is 22.0. The van der Waals surface area contributed by atoms with Gasteiger partial charge in [-0.1, -0.05) is 18.2 Å². The number of nitrogens with zero attached hydrogens (tertiary/aromatic N) is 5. The predicted molar refractivity (Wildman–Crippen MR) is 170 cm³/mol. The normalized spacial score (nSPS) is 15.5. The number of hydrogen-bond donors (Lipinski definition) is 2. The maximum Gasteiger partial charge on any atom is 0.416 e. The van der Waals surface area contributed by atoms with E-state index in [2.05, 4.69) is 25.5 Å². The van der Waals surface area contributed by atoms with Gasteiger partial charge in [-0.25, -0.2) is 9.97 Å². The predicted octanol–water partition coefficient (Wildman–Crippen LogP) is 5.75. The Kier molecular flexibility index (Phi) is 8.63. The van der Waals surface area contributed by atoms with Crippen molar-refractivity contribution in [2.75, 3.05) is 55.3 Å². The molecule has 4 aromatic rings. The number of anilines is 4. The zero-order valence-corrected chi connectivity index (χ0v) is 25.6. The zero-order valence-electron chi connectivity index (χ0n) is 25.6. The van der Waals surface area contributed by atoms with E-state index in [1.165, 1.54) is 12.3 Å². The summed E-state index contributed by atoms with van der Waals surface area (Å²) in [5.41, 5.74) is 4.47. The molecule has 1 aromatic heterocycles. The minimum Gasteiger partial charge on any atom is -0.381 e. The molecule has 0 bridgehead atoms. The molecule has 238 valence electrons. The molecule has 0 saturated carbocycles. The van der Waals surface area contributed by atoms with Crippen LogP contribution >= 0.6 is 0 Å². The summed E-state index contributed by atoms with van der Waals surface area (Å²) in [5, 5.41) is 6.35. The maximum atomic E-state index is 13.6. The molecule has 3 heterocycles. The van der Waals surface area contributed by atoms with Gasteiger partial charge in [0.2, 0.25) is 5.95 Å². The molecule has 12 heteroatoms. The van der Waals surface area contributed by atoms with Crippen LogP contribution < -0.4 is 15.5 Å². The van der Waals surface area contributed by atoms with Crippen LogP contribution in [0.2, 0.25) is 0 Å². The van der Waals surface area contributed by atoms with Crippen molar-refractivity contribution in [3.05, 3.63) is 106 Å². The quantitative estimate of drug-likeness (QED) is 0.269. The Balaban J connectivity index is 1.11. The minimum atomic E-state index is -4.41. The van der Waals surface area contributed by atoms with E-state index in [1.54, 1.807) is 23.1 Å². The van der Waals surface area contributed by atoms with Gasteiger partial charge in [0.1, 0.15) is 0 Å². The number of piperazine rings is 1. The molecular weight excluding hydrogens is 595 g/mol. The summed E-state index contributed by atoms with van der Waals surface area (Å²) in [6.07, 6.45) is -2.37. The van der Waals surface area contributed by atoms with Gasteiger partial charge in [-0.15, -0.1) is 0 Å². The number of amides is 2. The van der Waals surface area contributed by atoms with Gasteiger partial charge in [0.15, 0.2) is 0 Å². The van der Waals surface area contributed by atoms with Crippen molar-refractivity contribution in [2.24, 2.45) is 0 Å². The highest BCUT2D eigenvalue weighted by Gasteiger charge is 2.31. The number of halogens is 3. The molecule has 0 aliphatic carbocycles.